The van der Waals surface area contributed by atoms with Crippen LogP contribution in [0.5, 0.6) is 0 Å². The van der Waals surface area contributed by atoms with Crippen LogP contribution in [0.25, 0.3) is 0 Å². The second-order valence-electron chi connectivity index (χ2n) is 4.51. The fourth-order valence-electron chi connectivity index (χ4n) is 1.72. The van der Waals surface area contributed by atoms with Crippen molar-refractivity contribution >= 4 is 27.5 Å². The van der Waals surface area contributed by atoms with Crippen molar-refractivity contribution in [2.24, 2.45) is 5.14 Å². The maximum Gasteiger partial charge on any atom is 0.251 e. The monoisotopic (exact) mass is 318 g/mol. The highest BCUT2D eigenvalue weighted by Gasteiger charge is 2.16. The second kappa shape index (κ2) is 7.61. The van der Waals surface area contributed by atoms with Crippen LogP contribution in [0.2, 0.25) is 5.02 Å². The van der Waals surface area contributed by atoms with Crippen LogP contribution in [-0.4, -0.2) is 20.9 Å². The number of halogens is 1. The molecule has 3 N–H and O–H groups in total. The Hall–Kier alpha value is -1.11. The van der Waals surface area contributed by atoms with Gasteiger partial charge in [-0.2, -0.15) is 0 Å². The minimum absolute atomic E-state index is 0.00648. The number of rotatable bonds is 7. The average molecular weight is 319 g/mol. The third-order valence-corrected chi connectivity index (χ3v) is 4.21. The quantitative estimate of drug-likeness (QED) is 0.756. The summed E-state index contributed by atoms with van der Waals surface area (Å²) in [6.45, 7) is 2.67. The number of nitrogens with two attached hydrogens (primary N) is 1. The summed E-state index contributed by atoms with van der Waals surface area (Å²) in [7, 11) is -3.93. The summed E-state index contributed by atoms with van der Waals surface area (Å²) in [5, 5.41) is 7.78. The van der Waals surface area contributed by atoms with Gasteiger partial charge in [0.25, 0.3) is 5.91 Å². The Kier molecular flexibility index (Phi) is 6.45. The van der Waals surface area contributed by atoms with E-state index in [1.54, 1.807) is 0 Å². The van der Waals surface area contributed by atoms with Gasteiger partial charge in [-0.25, -0.2) is 13.6 Å². The fourth-order valence-corrected chi connectivity index (χ4v) is 2.79. The zero-order valence-corrected chi connectivity index (χ0v) is 12.9. The summed E-state index contributed by atoms with van der Waals surface area (Å²) in [4.78, 5) is 11.6. The molecular weight excluding hydrogens is 300 g/mol. The Morgan fingerprint density at radius 3 is 2.60 bits per heavy atom. The van der Waals surface area contributed by atoms with Crippen molar-refractivity contribution in [2.45, 2.75) is 37.5 Å². The van der Waals surface area contributed by atoms with E-state index in [0.717, 1.165) is 25.7 Å². The van der Waals surface area contributed by atoms with E-state index in [0.29, 0.717) is 6.54 Å². The van der Waals surface area contributed by atoms with E-state index in [1.807, 2.05) is 0 Å². The van der Waals surface area contributed by atoms with Crippen LogP contribution in [0.15, 0.2) is 23.1 Å². The predicted octanol–water partition coefficient (Wildman–Crippen LogP) is 2.30. The van der Waals surface area contributed by atoms with E-state index in [-0.39, 0.29) is 21.4 Å². The SMILES string of the molecule is CCCCCCNC(=O)c1ccc(Cl)c(S(N)(=O)=O)c1. The summed E-state index contributed by atoms with van der Waals surface area (Å²) < 4.78 is 22.6. The minimum atomic E-state index is -3.93. The molecule has 112 valence electrons. The van der Waals surface area contributed by atoms with Gasteiger partial charge < -0.3 is 5.32 Å². The lowest BCUT2D eigenvalue weighted by molar-refractivity contribution is 0.0952. The van der Waals surface area contributed by atoms with Crippen molar-refractivity contribution in [1.82, 2.24) is 5.32 Å². The third kappa shape index (κ3) is 5.11. The van der Waals surface area contributed by atoms with Crippen LogP contribution in [0.3, 0.4) is 0 Å². The van der Waals surface area contributed by atoms with Gasteiger partial charge in [-0.1, -0.05) is 37.8 Å². The number of hydrogen-bond donors (Lipinski definition) is 2. The topological polar surface area (TPSA) is 89.3 Å². The van der Waals surface area contributed by atoms with Crippen molar-refractivity contribution in [2.75, 3.05) is 6.54 Å². The lowest BCUT2D eigenvalue weighted by atomic mass is 10.2. The molecule has 0 unspecified atom stereocenters. The first-order valence-corrected chi connectivity index (χ1v) is 8.39. The predicted molar refractivity (Wildman–Crippen MR) is 79.3 cm³/mol. The Morgan fingerprint density at radius 1 is 1.30 bits per heavy atom. The van der Waals surface area contributed by atoms with Gasteiger partial charge in [0.2, 0.25) is 10.0 Å². The van der Waals surface area contributed by atoms with E-state index in [2.05, 4.69) is 12.2 Å². The molecule has 0 spiro atoms. The molecule has 0 aliphatic carbocycles. The zero-order chi connectivity index (χ0) is 15.2. The van der Waals surface area contributed by atoms with E-state index < -0.39 is 10.0 Å². The molecule has 0 radical (unpaired) electrons. The van der Waals surface area contributed by atoms with E-state index in [4.69, 9.17) is 16.7 Å². The number of benzene rings is 1. The number of unbranched alkanes of at least 4 members (excludes halogenated alkanes) is 3. The van der Waals surface area contributed by atoms with Gasteiger partial charge in [0.1, 0.15) is 4.90 Å². The van der Waals surface area contributed by atoms with Crippen molar-refractivity contribution in [3.05, 3.63) is 28.8 Å². The first kappa shape index (κ1) is 16.9. The standard InChI is InChI=1S/C13H19ClN2O3S/c1-2-3-4-5-8-16-13(17)10-6-7-11(14)12(9-10)20(15,18)19/h6-7,9H,2-5,8H2,1H3,(H,16,17)(H2,15,18,19). The average Bonchev–Trinajstić information content (AvgIpc) is 2.37. The second-order valence-corrected chi connectivity index (χ2v) is 6.44. The van der Waals surface area contributed by atoms with Crippen LogP contribution >= 0.6 is 11.6 Å². The maximum absolute atomic E-state index is 11.9. The number of amides is 1. The van der Waals surface area contributed by atoms with Gasteiger partial charge in [-0.05, 0) is 24.6 Å². The molecule has 0 fully saturated rings. The number of nitrogens with one attached hydrogen (secondary N) is 1. The van der Waals surface area contributed by atoms with Crippen LogP contribution in [0.1, 0.15) is 43.0 Å². The molecule has 20 heavy (non-hydrogen) atoms. The van der Waals surface area contributed by atoms with Gasteiger partial charge >= 0.3 is 0 Å². The van der Waals surface area contributed by atoms with Crippen molar-refractivity contribution < 1.29 is 13.2 Å². The fraction of sp³-hybridized carbons (Fsp3) is 0.462. The molecule has 1 amide bonds. The highest BCUT2D eigenvalue weighted by atomic mass is 35.5. The van der Waals surface area contributed by atoms with Gasteiger partial charge in [-0.3, -0.25) is 4.79 Å². The molecule has 5 nitrogen and oxygen atoms in total. The van der Waals surface area contributed by atoms with Gasteiger partial charge in [0.05, 0.1) is 5.02 Å². The summed E-state index contributed by atoms with van der Waals surface area (Å²) in [5.74, 6) is -0.330. The van der Waals surface area contributed by atoms with Gasteiger partial charge in [0, 0.05) is 12.1 Å². The van der Waals surface area contributed by atoms with Crippen molar-refractivity contribution in [1.29, 1.82) is 0 Å². The van der Waals surface area contributed by atoms with Crippen LogP contribution in [0, 0.1) is 0 Å². The molecule has 0 saturated carbocycles. The van der Waals surface area contributed by atoms with Crippen molar-refractivity contribution in [3.8, 4) is 0 Å². The first-order chi connectivity index (χ1) is 9.36. The van der Waals surface area contributed by atoms with Crippen molar-refractivity contribution in [3.63, 3.8) is 0 Å². The molecule has 7 heteroatoms. The number of hydrogen-bond acceptors (Lipinski definition) is 3. The highest BCUT2D eigenvalue weighted by molar-refractivity contribution is 7.89. The molecule has 0 atom stereocenters. The van der Waals surface area contributed by atoms with Crippen LogP contribution in [0.4, 0.5) is 0 Å². The van der Waals surface area contributed by atoms with Crippen LogP contribution in [-0.2, 0) is 10.0 Å². The lowest BCUT2D eigenvalue weighted by Gasteiger charge is -2.07. The smallest absolute Gasteiger partial charge is 0.251 e. The highest BCUT2D eigenvalue weighted by Crippen LogP contribution is 2.21. The summed E-state index contributed by atoms with van der Waals surface area (Å²) >= 11 is 5.76. The van der Waals surface area contributed by atoms with E-state index in [1.165, 1.54) is 18.2 Å². The number of sulfonamides is 1. The number of primary sulfonamides is 1. The largest absolute Gasteiger partial charge is 0.352 e. The van der Waals surface area contributed by atoms with Gasteiger partial charge in [-0.15, -0.1) is 0 Å². The Labute approximate surface area is 124 Å². The molecule has 1 aromatic carbocycles. The van der Waals surface area contributed by atoms with E-state index in [9.17, 15) is 13.2 Å². The van der Waals surface area contributed by atoms with E-state index >= 15 is 0 Å². The summed E-state index contributed by atoms with van der Waals surface area (Å²) in [6, 6.07) is 4.02. The zero-order valence-electron chi connectivity index (χ0n) is 11.4. The number of carbonyl (C=O) groups is 1. The number of carbonyl (C=O) groups excluding carboxylic acids is 1. The first-order valence-electron chi connectivity index (χ1n) is 6.46. The third-order valence-electron chi connectivity index (χ3n) is 2.82. The molecule has 1 rings (SSSR count). The molecule has 0 heterocycles. The maximum atomic E-state index is 11.9. The molecule has 0 saturated heterocycles. The Morgan fingerprint density at radius 2 is 2.00 bits per heavy atom. The lowest BCUT2D eigenvalue weighted by Crippen LogP contribution is -2.25. The van der Waals surface area contributed by atoms with Gasteiger partial charge in [0.15, 0.2) is 0 Å². The minimum Gasteiger partial charge on any atom is -0.352 e. The Balaban J connectivity index is 2.70. The van der Waals surface area contributed by atoms with Crippen LogP contribution < -0.4 is 10.5 Å². The summed E-state index contributed by atoms with van der Waals surface area (Å²) in [6.07, 6.45) is 4.21. The molecular formula is C13H19ClN2O3S. The molecule has 0 bridgehead atoms. The molecule has 0 aliphatic rings. The molecule has 0 aromatic heterocycles. The Bertz CT molecular complexity index is 573. The summed E-state index contributed by atoms with van der Waals surface area (Å²) in [5.41, 5.74) is 0.230. The normalized spacial score (nSPS) is 11.3. The molecule has 1 aromatic rings. The molecule has 0 aliphatic heterocycles.